The molecule has 0 fully saturated rings. The van der Waals surface area contributed by atoms with Crippen molar-refractivity contribution < 1.29 is 29.5 Å². The zero-order valence-corrected chi connectivity index (χ0v) is 9.69. The van der Waals surface area contributed by atoms with Crippen LogP contribution in [0.5, 0.6) is 5.75 Å². The number of nitrogens with zero attached hydrogens (tertiary/aromatic N) is 1. The normalized spacial score (nSPS) is 9.53. The lowest BCUT2D eigenvalue weighted by Crippen LogP contribution is -2.11. The zero-order valence-electron chi connectivity index (χ0n) is 9.69. The minimum absolute atomic E-state index is 0.134. The van der Waals surface area contributed by atoms with Gasteiger partial charge < -0.3 is 14.9 Å². The number of carboxylic acid groups (broad SMARTS) is 2. The molecule has 0 radical (unpaired) electrons. The van der Waals surface area contributed by atoms with E-state index in [1.165, 1.54) is 19.2 Å². The third-order valence-electron chi connectivity index (χ3n) is 2.19. The summed E-state index contributed by atoms with van der Waals surface area (Å²) in [7, 11) is 1.31. The van der Waals surface area contributed by atoms with Crippen LogP contribution in [0.1, 0.15) is 5.56 Å². The molecule has 0 amide bonds. The van der Waals surface area contributed by atoms with E-state index in [9.17, 15) is 19.7 Å². The number of hydrogen-bond acceptors (Lipinski definition) is 5. The molecule has 0 heterocycles. The molecule has 0 saturated heterocycles. The van der Waals surface area contributed by atoms with Gasteiger partial charge in [0.25, 0.3) is 5.69 Å². The highest BCUT2D eigenvalue weighted by molar-refractivity contribution is 6.16. The second-order valence-electron chi connectivity index (χ2n) is 3.35. The first-order valence-corrected chi connectivity index (χ1v) is 4.87. The summed E-state index contributed by atoms with van der Waals surface area (Å²) in [4.78, 5) is 31.5. The van der Waals surface area contributed by atoms with Gasteiger partial charge in [0.15, 0.2) is 0 Å². The average molecular weight is 267 g/mol. The van der Waals surface area contributed by atoms with E-state index in [4.69, 9.17) is 14.9 Å². The molecule has 19 heavy (non-hydrogen) atoms. The fourth-order valence-corrected chi connectivity index (χ4v) is 1.30. The second kappa shape index (κ2) is 5.63. The van der Waals surface area contributed by atoms with E-state index in [0.717, 1.165) is 12.1 Å². The number of nitro groups is 1. The Hall–Kier alpha value is -2.90. The van der Waals surface area contributed by atoms with Gasteiger partial charge in [-0.1, -0.05) is 0 Å². The minimum atomic E-state index is -1.68. The Morgan fingerprint density at radius 1 is 1.32 bits per heavy atom. The topological polar surface area (TPSA) is 127 Å². The second-order valence-corrected chi connectivity index (χ2v) is 3.35. The van der Waals surface area contributed by atoms with E-state index in [0.29, 0.717) is 0 Å². The van der Waals surface area contributed by atoms with Gasteiger partial charge in [0.1, 0.15) is 11.3 Å². The first kappa shape index (κ1) is 14.2. The number of ether oxygens (including phenoxy) is 1. The first-order valence-electron chi connectivity index (χ1n) is 4.87. The molecule has 0 aliphatic rings. The number of rotatable bonds is 5. The smallest absolute Gasteiger partial charge is 0.343 e. The summed E-state index contributed by atoms with van der Waals surface area (Å²) in [5, 5.41) is 28.2. The lowest BCUT2D eigenvalue weighted by atomic mass is 10.1. The lowest BCUT2D eigenvalue weighted by molar-refractivity contribution is -0.385. The lowest BCUT2D eigenvalue weighted by Gasteiger charge is -2.02. The summed E-state index contributed by atoms with van der Waals surface area (Å²) in [6.07, 6.45) is 0.724. The maximum absolute atomic E-state index is 10.8. The van der Waals surface area contributed by atoms with E-state index in [2.05, 4.69) is 0 Å². The average Bonchev–Trinajstić information content (AvgIpc) is 2.34. The molecule has 2 N–H and O–H groups in total. The molecule has 0 spiro atoms. The van der Waals surface area contributed by atoms with Gasteiger partial charge >= 0.3 is 11.9 Å². The van der Waals surface area contributed by atoms with Crippen LogP contribution in [0.25, 0.3) is 6.08 Å². The Balaban J connectivity index is 3.41. The largest absolute Gasteiger partial charge is 0.497 e. The molecule has 8 nitrogen and oxygen atoms in total. The van der Waals surface area contributed by atoms with Crippen molar-refractivity contribution in [2.24, 2.45) is 0 Å². The number of benzene rings is 1. The van der Waals surface area contributed by atoms with Crippen LogP contribution in [0.15, 0.2) is 23.8 Å². The van der Waals surface area contributed by atoms with Crippen LogP contribution in [0, 0.1) is 10.1 Å². The minimum Gasteiger partial charge on any atom is -0.497 e. The molecule has 0 unspecified atom stereocenters. The summed E-state index contributed by atoms with van der Waals surface area (Å²) in [6, 6.07) is 3.65. The van der Waals surface area contributed by atoms with Gasteiger partial charge in [0.05, 0.1) is 23.7 Å². The Bertz CT molecular complexity index is 560. The number of carbonyl (C=O) groups is 2. The van der Waals surface area contributed by atoms with Crippen molar-refractivity contribution >= 4 is 23.7 Å². The summed E-state index contributed by atoms with van der Waals surface area (Å²) in [5.74, 6) is -3.16. The summed E-state index contributed by atoms with van der Waals surface area (Å²) in [6.45, 7) is 0. The molecular weight excluding hydrogens is 258 g/mol. The number of aliphatic carboxylic acids is 2. The predicted octanol–water partition coefficient (Wildman–Crippen LogP) is 1.16. The van der Waals surface area contributed by atoms with Crippen molar-refractivity contribution in [3.05, 3.63) is 39.4 Å². The van der Waals surface area contributed by atoms with Crippen molar-refractivity contribution in [1.29, 1.82) is 0 Å². The van der Waals surface area contributed by atoms with Gasteiger partial charge in [0.2, 0.25) is 0 Å². The van der Waals surface area contributed by atoms with E-state index < -0.39 is 28.1 Å². The third-order valence-corrected chi connectivity index (χ3v) is 2.19. The van der Waals surface area contributed by atoms with Gasteiger partial charge in [-0.3, -0.25) is 10.1 Å². The van der Waals surface area contributed by atoms with Crippen LogP contribution < -0.4 is 4.74 Å². The molecule has 8 heteroatoms. The number of hydrogen-bond donors (Lipinski definition) is 2. The first-order chi connectivity index (χ1) is 8.86. The van der Waals surface area contributed by atoms with Gasteiger partial charge in [-0.15, -0.1) is 0 Å². The maximum Gasteiger partial charge on any atom is 0.343 e. The van der Waals surface area contributed by atoms with E-state index in [1.54, 1.807) is 0 Å². The van der Waals surface area contributed by atoms with Crippen LogP contribution in [-0.4, -0.2) is 34.2 Å². The molecule has 0 bridgehead atoms. The molecule has 0 aliphatic heterocycles. The van der Waals surface area contributed by atoms with Crippen molar-refractivity contribution in [3.8, 4) is 5.75 Å². The SMILES string of the molecule is COc1ccc(C=C(C(=O)O)C(=O)O)c([N+](=O)[O-])c1. The van der Waals surface area contributed by atoms with Crippen molar-refractivity contribution in [2.45, 2.75) is 0 Å². The highest BCUT2D eigenvalue weighted by Gasteiger charge is 2.20. The van der Waals surface area contributed by atoms with E-state index in [-0.39, 0.29) is 11.3 Å². The molecule has 0 saturated carbocycles. The predicted molar refractivity (Wildman–Crippen MR) is 62.9 cm³/mol. The van der Waals surface area contributed by atoms with Crippen molar-refractivity contribution in [3.63, 3.8) is 0 Å². The number of methoxy groups -OCH3 is 1. The summed E-state index contributed by atoms with van der Waals surface area (Å²) >= 11 is 0. The van der Waals surface area contributed by atoms with Gasteiger partial charge in [-0.25, -0.2) is 9.59 Å². The molecule has 0 aromatic heterocycles. The molecule has 1 aromatic carbocycles. The van der Waals surface area contributed by atoms with Gasteiger partial charge in [0, 0.05) is 0 Å². The molecule has 0 atom stereocenters. The van der Waals surface area contributed by atoms with Gasteiger partial charge in [-0.05, 0) is 18.2 Å². The zero-order chi connectivity index (χ0) is 14.6. The quantitative estimate of drug-likeness (QED) is 0.269. The van der Waals surface area contributed by atoms with Crippen LogP contribution in [-0.2, 0) is 9.59 Å². The Morgan fingerprint density at radius 2 is 1.89 bits per heavy atom. The highest BCUT2D eigenvalue weighted by Crippen LogP contribution is 2.26. The maximum atomic E-state index is 10.8. The molecule has 1 rings (SSSR count). The standard InChI is InChI=1S/C11H9NO7/c1-19-7-3-2-6(9(5-7)12(17)18)4-8(10(13)14)11(15)16/h2-5H,1H3,(H,13,14)(H,15,16). The van der Waals surface area contributed by atoms with Crippen LogP contribution in [0.2, 0.25) is 0 Å². The molecular formula is C11H9NO7. The Kier molecular flexibility index (Phi) is 4.19. The van der Waals surface area contributed by atoms with Crippen molar-refractivity contribution in [2.75, 3.05) is 7.11 Å². The van der Waals surface area contributed by atoms with Crippen LogP contribution >= 0.6 is 0 Å². The summed E-state index contributed by atoms with van der Waals surface area (Å²) in [5.41, 5.74) is -1.54. The Morgan fingerprint density at radius 3 is 2.32 bits per heavy atom. The molecule has 1 aromatic rings. The van der Waals surface area contributed by atoms with Gasteiger partial charge in [-0.2, -0.15) is 0 Å². The highest BCUT2D eigenvalue weighted by atomic mass is 16.6. The number of carboxylic acids is 2. The van der Waals surface area contributed by atoms with E-state index >= 15 is 0 Å². The van der Waals surface area contributed by atoms with Crippen LogP contribution in [0.3, 0.4) is 0 Å². The fourth-order valence-electron chi connectivity index (χ4n) is 1.30. The van der Waals surface area contributed by atoms with E-state index in [1.807, 2.05) is 0 Å². The molecule has 0 aliphatic carbocycles. The third kappa shape index (κ3) is 3.28. The number of nitro benzene ring substituents is 1. The molecule has 100 valence electrons. The monoisotopic (exact) mass is 267 g/mol. The fraction of sp³-hybridized carbons (Fsp3) is 0.0909. The van der Waals surface area contributed by atoms with Crippen LogP contribution in [0.4, 0.5) is 5.69 Å². The Labute approximate surface area is 106 Å². The summed E-state index contributed by atoms with van der Waals surface area (Å²) < 4.78 is 4.80. The van der Waals surface area contributed by atoms with Crippen molar-refractivity contribution in [1.82, 2.24) is 0 Å².